The van der Waals surface area contributed by atoms with Crippen LogP contribution in [0.1, 0.15) is 40.5 Å². The van der Waals surface area contributed by atoms with Crippen LogP contribution in [0, 0.1) is 23.2 Å². The summed E-state index contributed by atoms with van der Waals surface area (Å²) in [4.78, 5) is 13.5. The molecule has 0 unspecified atom stereocenters. The van der Waals surface area contributed by atoms with Crippen molar-refractivity contribution in [3.63, 3.8) is 0 Å². The van der Waals surface area contributed by atoms with Crippen molar-refractivity contribution in [3.05, 3.63) is 11.8 Å². The Kier molecular flexibility index (Phi) is 4.50. The van der Waals surface area contributed by atoms with E-state index in [1.165, 1.54) is 0 Å². The second-order valence-electron chi connectivity index (χ2n) is 6.46. The van der Waals surface area contributed by atoms with Crippen LogP contribution in [0.15, 0.2) is 11.8 Å². The van der Waals surface area contributed by atoms with Gasteiger partial charge in [-0.2, -0.15) is 0 Å². The number of halogens is 1. The van der Waals surface area contributed by atoms with E-state index in [0.717, 1.165) is 18.5 Å². The maximum Gasteiger partial charge on any atom is 0.242 e. The normalized spacial score (nSPS) is 20.8. The topological polar surface area (TPSA) is 20.3 Å². The molecule has 0 radical (unpaired) electrons. The van der Waals surface area contributed by atoms with Crippen LogP contribution in [0.2, 0.25) is 0 Å². The number of carbonyl (C=O) groups excluding carboxylic acids is 1. The first-order chi connectivity index (χ1) is 8.21. The lowest BCUT2D eigenvalue weighted by Crippen LogP contribution is -2.38. The van der Waals surface area contributed by atoms with Gasteiger partial charge < -0.3 is 4.90 Å². The van der Waals surface area contributed by atoms with Crippen LogP contribution in [0.25, 0.3) is 0 Å². The molecule has 18 heavy (non-hydrogen) atoms. The lowest BCUT2D eigenvalue weighted by Gasteiger charge is -2.41. The van der Waals surface area contributed by atoms with Crippen molar-refractivity contribution >= 4 is 17.5 Å². The summed E-state index contributed by atoms with van der Waals surface area (Å²) in [5.74, 6) is 2.40. The van der Waals surface area contributed by atoms with Gasteiger partial charge in [-0.25, -0.2) is 0 Å². The van der Waals surface area contributed by atoms with Gasteiger partial charge in [-0.15, -0.1) is 18.0 Å². The van der Waals surface area contributed by atoms with Gasteiger partial charge in [-0.3, -0.25) is 4.79 Å². The summed E-state index contributed by atoms with van der Waals surface area (Å²) in [6, 6.07) is 0. The van der Waals surface area contributed by atoms with Crippen LogP contribution in [0.5, 0.6) is 0 Å². The Morgan fingerprint density at radius 3 is 2.56 bits per heavy atom. The molecular formula is C15H22ClNO. The van der Waals surface area contributed by atoms with E-state index in [1.807, 2.05) is 0 Å². The SMILES string of the molecule is C#CCN(C(=O)CCl)C1=CC(C)(C)CC(C)(C)C1. The number of terminal acetylenes is 1. The van der Waals surface area contributed by atoms with Gasteiger partial charge in [0.15, 0.2) is 0 Å². The summed E-state index contributed by atoms with van der Waals surface area (Å²) in [6.07, 6.45) is 9.48. The number of hydrogen-bond donors (Lipinski definition) is 0. The first-order valence-electron chi connectivity index (χ1n) is 6.22. The zero-order chi connectivity index (χ0) is 14.0. The van der Waals surface area contributed by atoms with E-state index < -0.39 is 0 Å². The molecule has 100 valence electrons. The van der Waals surface area contributed by atoms with Crippen molar-refractivity contribution in [2.24, 2.45) is 10.8 Å². The van der Waals surface area contributed by atoms with Gasteiger partial charge in [0.1, 0.15) is 5.88 Å². The fraction of sp³-hybridized carbons (Fsp3) is 0.667. The molecule has 2 nitrogen and oxygen atoms in total. The van der Waals surface area contributed by atoms with Crippen molar-refractivity contribution in [2.75, 3.05) is 12.4 Å². The smallest absolute Gasteiger partial charge is 0.242 e. The highest BCUT2D eigenvalue weighted by Gasteiger charge is 2.35. The molecule has 1 aliphatic rings. The third-order valence-corrected chi connectivity index (χ3v) is 3.39. The molecule has 0 saturated carbocycles. The van der Waals surface area contributed by atoms with E-state index in [4.69, 9.17) is 18.0 Å². The van der Waals surface area contributed by atoms with Gasteiger partial charge in [-0.05, 0) is 23.7 Å². The molecule has 0 aromatic carbocycles. The predicted molar refractivity (Wildman–Crippen MR) is 76.1 cm³/mol. The van der Waals surface area contributed by atoms with Crippen LogP contribution in [-0.4, -0.2) is 23.2 Å². The molecule has 0 fully saturated rings. The zero-order valence-corrected chi connectivity index (χ0v) is 12.5. The molecule has 0 atom stereocenters. The Hall–Kier alpha value is -0.940. The number of carbonyl (C=O) groups is 1. The minimum absolute atomic E-state index is 0.0279. The number of allylic oxidation sites excluding steroid dienone is 2. The van der Waals surface area contributed by atoms with Gasteiger partial charge in [0.2, 0.25) is 5.91 Å². The van der Waals surface area contributed by atoms with Gasteiger partial charge in [0.05, 0.1) is 6.54 Å². The maximum absolute atomic E-state index is 11.9. The predicted octanol–water partition coefficient (Wildman–Crippen LogP) is 3.42. The highest BCUT2D eigenvalue weighted by Crippen LogP contribution is 2.45. The van der Waals surface area contributed by atoms with Gasteiger partial charge in [0, 0.05) is 5.70 Å². The van der Waals surface area contributed by atoms with E-state index >= 15 is 0 Å². The van der Waals surface area contributed by atoms with Gasteiger partial charge >= 0.3 is 0 Å². The fourth-order valence-electron chi connectivity index (χ4n) is 3.03. The summed E-state index contributed by atoms with van der Waals surface area (Å²) < 4.78 is 0. The minimum Gasteiger partial charge on any atom is -0.304 e. The van der Waals surface area contributed by atoms with Crippen molar-refractivity contribution in [1.82, 2.24) is 4.90 Å². The molecule has 0 aromatic heterocycles. The van der Waals surface area contributed by atoms with Crippen LogP contribution in [0.3, 0.4) is 0 Å². The molecular weight excluding hydrogens is 246 g/mol. The maximum atomic E-state index is 11.9. The molecule has 1 rings (SSSR count). The van der Waals surface area contributed by atoms with Gasteiger partial charge in [0.25, 0.3) is 0 Å². The number of nitrogens with zero attached hydrogens (tertiary/aromatic N) is 1. The minimum atomic E-state index is -0.116. The van der Waals surface area contributed by atoms with E-state index in [-0.39, 0.29) is 22.6 Å². The highest BCUT2D eigenvalue weighted by atomic mass is 35.5. The second-order valence-corrected chi connectivity index (χ2v) is 6.73. The van der Waals surface area contributed by atoms with Crippen molar-refractivity contribution < 1.29 is 4.79 Å². The monoisotopic (exact) mass is 267 g/mol. The third kappa shape index (κ3) is 3.78. The zero-order valence-electron chi connectivity index (χ0n) is 11.7. The number of amides is 1. The van der Waals surface area contributed by atoms with Crippen LogP contribution in [-0.2, 0) is 4.79 Å². The Labute approximate surface area is 115 Å². The van der Waals surface area contributed by atoms with Crippen LogP contribution < -0.4 is 0 Å². The Bertz CT molecular complexity index is 401. The number of rotatable bonds is 3. The molecule has 0 N–H and O–H groups in total. The van der Waals surface area contributed by atoms with E-state index in [1.54, 1.807) is 4.90 Å². The molecule has 0 spiro atoms. The van der Waals surface area contributed by atoms with Crippen LogP contribution in [0.4, 0.5) is 0 Å². The lowest BCUT2D eigenvalue weighted by molar-refractivity contribution is -0.126. The molecule has 1 aliphatic carbocycles. The summed E-state index contributed by atoms with van der Waals surface area (Å²) >= 11 is 5.66. The molecule has 0 saturated heterocycles. The average Bonchev–Trinajstić information content (AvgIpc) is 2.20. The highest BCUT2D eigenvalue weighted by molar-refractivity contribution is 6.27. The Morgan fingerprint density at radius 2 is 2.11 bits per heavy atom. The summed E-state index contributed by atoms with van der Waals surface area (Å²) in [6.45, 7) is 9.12. The molecule has 0 aliphatic heterocycles. The Balaban J connectivity index is 3.08. The molecule has 0 bridgehead atoms. The third-order valence-electron chi connectivity index (χ3n) is 3.16. The van der Waals surface area contributed by atoms with Crippen LogP contribution >= 0.6 is 11.6 Å². The fourth-order valence-corrected chi connectivity index (χ4v) is 3.17. The summed E-state index contributed by atoms with van der Waals surface area (Å²) in [5.41, 5.74) is 1.27. The quantitative estimate of drug-likeness (QED) is 0.567. The molecule has 0 aromatic rings. The summed E-state index contributed by atoms with van der Waals surface area (Å²) in [7, 11) is 0. The molecule has 3 heteroatoms. The Morgan fingerprint density at radius 1 is 1.50 bits per heavy atom. The summed E-state index contributed by atoms with van der Waals surface area (Å²) in [5, 5.41) is 0. The van der Waals surface area contributed by atoms with Crippen molar-refractivity contribution in [3.8, 4) is 12.3 Å². The van der Waals surface area contributed by atoms with E-state index in [0.29, 0.717) is 6.54 Å². The van der Waals surface area contributed by atoms with Crippen molar-refractivity contribution in [1.29, 1.82) is 0 Å². The van der Waals surface area contributed by atoms with E-state index in [2.05, 4.69) is 39.7 Å². The largest absolute Gasteiger partial charge is 0.304 e. The average molecular weight is 268 g/mol. The molecule has 1 amide bonds. The molecule has 0 heterocycles. The van der Waals surface area contributed by atoms with Crippen molar-refractivity contribution in [2.45, 2.75) is 40.5 Å². The first kappa shape index (κ1) is 15.1. The number of alkyl halides is 1. The first-order valence-corrected chi connectivity index (χ1v) is 6.76. The van der Waals surface area contributed by atoms with E-state index in [9.17, 15) is 4.79 Å². The standard InChI is InChI=1S/C15H22ClNO/c1-6-7-17(13(18)10-16)12-8-14(2,3)11-15(4,5)9-12/h1,8H,7,9-11H2,2-5H3. The second kappa shape index (κ2) is 5.36. The van der Waals surface area contributed by atoms with Gasteiger partial charge in [-0.1, -0.05) is 39.7 Å². The number of hydrogen-bond acceptors (Lipinski definition) is 1. The lowest BCUT2D eigenvalue weighted by atomic mass is 9.68.